The highest BCUT2D eigenvalue weighted by Crippen LogP contribution is 2.22. The van der Waals surface area contributed by atoms with E-state index in [4.69, 9.17) is 13.9 Å². The molecule has 0 saturated carbocycles. The summed E-state index contributed by atoms with van der Waals surface area (Å²) in [6, 6.07) is 16.7. The first-order chi connectivity index (χ1) is 13.2. The SMILES string of the molecule is O=C1OC(c2ccco2)=N/C1=C\c1cccc(OCc2ccc(F)cc2)c1. The average Bonchev–Trinajstić information content (AvgIpc) is 3.32. The first-order valence-electron chi connectivity index (χ1n) is 8.21. The van der Waals surface area contributed by atoms with Crippen molar-refractivity contribution in [2.75, 3.05) is 0 Å². The summed E-state index contributed by atoms with van der Waals surface area (Å²) < 4.78 is 29.0. The highest BCUT2D eigenvalue weighted by Gasteiger charge is 2.25. The van der Waals surface area contributed by atoms with Gasteiger partial charge in [0.15, 0.2) is 11.5 Å². The first-order valence-corrected chi connectivity index (χ1v) is 8.21. The predicted octanol–water partition coefficient (Wildman–Crippen LogP) is 4.34. The van der Waals surface area contributed by atoms with Crippen LogP contribution in [0.1, 0.15) is 16.9 Å². The minimum Gasteiger partial charge on any atom is -0.489 e. The molecule has 0 radical (unpaired) electrons. The molecule has 5 nitrogen and oxygen atoms in total. The van der Waals surface area contributed by atoms with Gasteiger partial charge >= 0.3 is 5.97 Å². The Balaban J connectivity index is 1.49. The number of furan rings is 1. The van der Waals surface area contributed by atoms with Crippen molar-refractivity contribution in [3.8, 4) is 5.75 Å². The zero-order chi connectivity index (χ0) is 18.6. The van der Waals surface area contributed by atoms with Crippen molar-refractivity contribution in [3.05, 3.63) is 95.3 Å². The van der Waals surface area contributed by atoms with Crippen molar-refractivity contribution in [3.63, 3.8) is 0 Å². The molecule has 0 fully saturated rings. The Bertz CT molecular complexity index is 1020. The molecule has 0 bridgehead atoms. The van der Waals surface area contributed by atoms with Gasteiger partial charge in [-0.25, -0.2) is 14.2 Å². The van der Waals surface area contributed by atoms with Crippen LogP contribution in [-0.2, 0) is 16.1 Å². The number of aliphatic imine (C=N–C) groups is 1. The molecule has 0 unspecified atom stereocenters. The third kappa shape index (κ3) is 3.95. The zero-order valence-electron chi connectivity index (χ0n) is 14.1. The Morgan fingerprint density at radius 1 is 1.07 bits per heavy atom. The standard InChI is InChI=1S/C21H14FNO4/c22-16-8-6-14(7-9-16)13-26-17-4-1-3-15(11-17)12-18-21(24)27-20(23-18)19-5-2-10-25-19/h1-12H,13H2/b18-12-. The molecule has 2 heterocycles. The monoisotopic (exact) mass is 363 g/mol. The molecule has 3 aromatic rings. The maximum Gasteiger partial charge on any atom is 0.363 e. The number of rotatable bonds is 5. The van der Waals surface area contributed by atoms with Crippen LogP contribution in [0.4, 0.5) is 4.39 Å². The highest BCUT2D eigenvalue weighted by atomic mass is 19.1. The molecule has 0 N–H and O–H groups in total. The second kappa shape index (κ2) is 7.29. The third-order valence-corrected chi connectivity index (χ3v) is 3.83. The molecule has 0 atom stereocenters. The molecule has 134 valence electrons. The first kappa shape index (κ1) is 16.8. The van der Waals surface area contributed by atoms with Crippen LogP contribution in [-0.4, -0.2) is 11.9 Å². The molecular formula is C21H14FNO4. The van der Waals surface area contributed by atoms with Gasteiger partial charge in [-0.1, -0.05) is 24.3 Å². The molecule has 4 rings (SSSR count). The van der Waals surface area contributed by atoms with E-state index < -0.39 is 5.97 Å². The molecule has 2 aromatic carbocycles. The molecule has 0 spiro atoms. The molecule has 1 aliphatic rings. The molecule has 6 heteroatoms. The number of cyclic esters (lactones) is 1. The fourth-order valence-electron chi connectivity index (χ4n) is 2.51. The van der Waals surface area contributed by atoms with Crippen molar-refractivity contribution in [2.45, 2.75) is 6.61 Å². The van der Waals surface area contributed by atoms with Gasteiger partial charge in [0, 0.05) is 0 Å². The fourth-order valence-corrected chi connectivity index (χ4v) is 2.51. The van der Waals surface area contributed by atoms with Crippen LogP contribution < -0.4 is 4.74 Å². The quantitative estimate of drug-likeness (QED) is 0.500. The fraction of sp³-hybridized carbons (Fsp3) is 0.0476. The van der Waals surface area contributed by atoms with Gasteiger partial charge in [-0.15, -0.1) is 0 Å². The molecular weight excluding hydrogens is 349 g/mol. The third-order valence-electron chi connectivity index (χ3n) is 3.83. The Morgan fingerprint density at radius 2 is 1.93 bits per heavy atom. The topological polar surface area (TPSA) is 61.0 Å². The van der Waals surface area contributed by atoms with Gasteiger partial charge in [0.25, 0.3) is 5.90 Å². The largest absolute Gasteiger partial charge is 0.489 e. The molecule has 0 aliphatic carbocycles. The number of carbonyl (C=O) groups is 1. The summed E-state index contributed by atoms with van der Waals surface area (Å²) in [5.74, 6) is 0.322. The minimum absolute atomic E-state index is 0.139. The van der Waals surface area contributed by atoms with Crippen LogP contribution in [0.25, 0.3) is 6.08 Å². The van der Waals surface area contributed by atoms with Gasteiger partial charge in [-0.2, -0.15) is 0 Å². The molecule has 0 amide bonds. The van der Waals surface area contributed by atoms with E-state index in [1.54, 1.807) is 42.5 Å². The summed E-state index contributed by atoms with van der Waals surface area (Å²) in [6.45, 7) is 0.309. The lowest BCUT2D eigenvalue weighted by Crippen LogP contribution is -2.04. The van der Waals surface area contributed by atoms with Crippen LogP contribution in [0.2, 0.25) is 0 Å². The van der Waals surface area contributed by atoms with Crippen LogP contribution in [0, 0.1) is 5.82 Å². The lowest BCUT2D eigenvalue weighted by Gasteiger charge is -2.07. The summed E-state index contributed by atoms with van der Waals surface area (Å²) in [5, 5.41) is 0. The van der Waals surface area contributed by atoms with Crippen LogP contribution >= 0.6 is 0 Å². The maximum atomic E-state index is 12.9. The number of hydrogen-bond donors (Lipinski definition) is 0. The summed E-state index contributed by atoms with van der Waals surface area (Å²) in [6.07, 6.45) is 3.10. The van der Waals surface area contributed by atoms with Crippen molar-refractivity contribution in [1.29, 1.82) is 0 Å². The summed E-state index contributed by atoms with van der Waals surface area (Å²) in [7, 11) is 0. The summed E-state index contributed by atoms with van der Waals surface area (Å²) in [5.41, 5.74) is 1.77. The van der Waals surface area contributed by atoms with Crippen LogP contribution in [0.5, 0.6) is 5.75 Å². The molecule has 1 aromatic heterocycles. The smallest absolute Gasteiger partial charge is 0.363 e. The Morgan fingerprint density at radius 3 is 2.70 bits per heavy atom. The van der Waals surface area contributed by atoms with E-state index >= 15 is 0 Å². The van der Waals surface area contributed by atoms with Crippen molar-refractivity contribution >= 4 is 17.9 Å². The second-order valence-corrected chi connectivity index (χ2v) is 5.80. The number of benzene rings is 2. The summed E-state index contributed by atoms with van der Waals surface area (Å²) >= 11 is 0. The van der Waals surface area contributed by atoms with Crippen molar-refractivity contribution in [2.24, 2.45) is 4.99 Å². The molecule has 1 aliphatic heterocycles. The minimum atomic E-state index is -0.543. The normalized spacial score (nSPS) is 14.9. The van der Waals surface area contributed by atoms with E-state index in [1.165, 1.54) is 18.4 Å². The molecule has 27 heavy (non-hydrogen) atoms. The van der Waals surface area contributed by atoms with Crippen molar-refractivity contribution in [1.82, 2.24) is 0 Å². The van der Waals surface area contributed by atoms with E-state index in [0.717, 1.165) is 11.1 Å². The maximum absolute atomic E-state index is 12.9. The summed E-state index contributed by atoms with van der Waals surface area (Å²) in [4.78, 5) is 16.2. The van der Waals surface area contributed by atoms with E-state index in [1.807, 2.05) is 12.1 Å². The van der Waals surface area contributed by atoms with Gasteiger partial charge in [0.05, 0.1) is 6.26 Å². The molecule has 0 saturated heterocycles. The van der Waals surface area contributed by atoms with E-state index in [2.05, 4.69) is 4.99 Å². The Hall–Kier alpha value is -3.67. The highest BCUT2D eigenvalue weighted by molar-refractivity contribution is 6.11. The number of nitrogens with zero attached hydrogens (tertiary/aromatic N) is 1. The number of ether oxygens (including phenoxy) is 2. The predicted molar refractivity (Wildman–Crippen MR) is 96.5 cm³/mol. The zero-order valence-corrected chi connectivity index (χ0v) is 14.1. The van der Waals surface area contributed by atoms with E-state index in [0.29, 0.717) is 18.1 Å². The van der Waals surface area contributed by atoms with Gasteiger partial charge in [0.1, 0.15) is 18.2 Å². The average molecular weight is 363 g/mol. The Kier molecular flexibility index (Phi) is 4.53. The number of carbonyl (C=O) groups excluding carboxylic acids is 1. The van der Waals surface area contributed by atoms with Gasteiger partial charge in [-0.3, -0.25) is 0 Å². The second-order valence-electron chi connectivity index (χ2n) is 5.80. The van der Waals surface area contributed by atoms with Gasteiger partial charge < -0.3 is 13.9 Å². The number of hydrogen-bond acceptors (Lipinski definition) is 5. The van der Waals surface area contributed by atoms with Crippen LogP contribution in [0.15, 0.2) is 82.0 Å². The van der Waals surface area contributed by atoms with Gasteiger partial charge in [-0.05, 0) is 53.6 Å². The lowest BCUT2D eigenvalue weighted by atomic mass is 10.2. The number of halogens is 1. The Labute approximate surface area is 154 Å². The lowest BCUT2D eigenvalue weighted by molar-refractivity contribution is -0.130. The van der Waals surface area contributed by atoms with E-state index in [9.17, 15) is 9.18 Å². The van der Waals surface area contributed by atoms with Crippen molar-refractivity contribution < 1.29 is 23.1 Å². The van der Waals surface area contributed by atoms with Gasteiger partial charge in [0.2, 0.25) is 0 Å². The van der Waals surface area contributed by atoms with E-state index in [-0.39, 0.29) is 17.4 Å². The van der Waals surface area contributed by atoms with Crippen LogP contribution in [0.3, 0.4) is 0 Å². The number of esters is 1.